The van der Waals surface area contributed by atoms with E-state index >= 15 is 0 Å². The van der Waals surface area contributed by atoms with Gasteiger partial charge in [-0.1, -0.05) is 0 Å². The van der Waals surface area contributed by atoms with Crippen LogP contribution in [0, 0.1) is 0 Å². The van der Waals surface area contributed by atoms with Crippen LogP contribution in [0.15, 0.2) is 22.8 Å². The summed E-state index contributed by atoms with van der Waals surface area (Å²) in [6, 6.07) is 3.74. The molecule has 0 bridgehead atoms. The molecular formula is C9H14BrClN2OS. The van der Waals surface area contributed by atoms with Crippen LogP contribution in [0.25, 0.3) is 0 Å². The molecular weight excluding hydrogens is 300 g/mol. The van der Waals surface area contributed by atoms with Gasteiger partial charge in [-0.05, 0) is 22.0 Å². The molecule has 0 spiro atoms. The van der Waals surface area contributed by atoms with Gasteiger partial charge in [-0.15, -0.1) is 12.4 Å². The van der Waals surface area contributed by atoms with Crippen molar-refractivity contribution in [1.82, 2.24) is 10.3 Å². The van der Waals surface area contributed by atoms with E-state index in [0.717, 1.165) is 23.3 Å². The van der Waals surface area contributed by atoms with Crippen LogP contribution in [-0.2, 0) is 0 Å². The predicted octanol–water partition coefficient (Wildman–Crippen LogP) is 2.16. The summed E-state index contributed by atoms with van der Waals surface area (Å²) in [6.07, 6.45) is 1.72. The first-order valence-corrected chi connectivity index (χ1v) is 5.81. The van der Waals surface area contributed by atoms with Gasteiger partial charge in [0.25, 0.3) is 0 Å². The average molecular weight is 314 g/mol. The number of hydrogen-bond acceptors (Lipinski definition) is 4. The Bertz CT molecular complexity index is 261. The monoisotopic (exact) mass is 312 g/mol. The number of halogens is 2. The van der Waals surface area contributed by atoms with Crippen LogP contribution in [0.5, 0.6) is 5.88 Å². The highest BCUT2D eigenvalue weighted by atomic mass is 79.9. The Morgan fingerprint density at radius 2 is 2.20 bits per heavy atom. The predicted molar refractivity (Wildman–Crippen MR) is 71.4 cm³/mol. The van der Waals surface area contributed by atoms with Crippen LogP contribution in [-0.4, -0.2) is 30.4 Å². The number of nitrogens with zero attached hydrogens (tertiary/aromatic N) is 1. The van der Waals surface area contributed by atoms with E-state index in [-0.39, 0.29) is 12.4 Å². The Morgan fingerprint density at radius 3 is 2.80 bits per heavy atom. The van der Waals surface area contributed by atoms with Crippen molar-refractivity contribution in [3.05, 3.63) is 22.8 Å². The van der Waals surface area contributed by atoms with Gasteiger partial charge in [-0.25, -0.2) is 4.98 Å². The van der Waals surface area contributed by atoms with Crippen molar-refractivity contribution in [2.24, 2.45) is 0 Å². The molecule has 15 heavy (non-hydrogen) atoms. The number of hydrogen-bond donors (Lipinski definition) is 2. The maximum atomic E-state index is 5.39. The summed E-state index contributed by atoms with van der Waals surface area (Å²) >= 11 is 7.39. The van der Waals surface area contributed by atoms with Gasteiger partial charge in [0.2, 0.25) is 5.88 Å². The average Bonchev–Trinajstić information content (AvgIpc) is 2.21. The minimum absolute atomic E-state index is 0. The minimum Gasteiger partial charge on any atom is -0.476 e. The smallest absolute Gasteiger partial charge is 0.213 e. The fourth-order valence-electron chi connectivity index (χ4n) is 0.879. The largest absolute Gasteiger partial charge is 0.476 e. The van der Waals surface area contributed by atoms with Crippen molar-refractivity contribution in [1.29, 1.82) is 0 Å². The zero-order valence-electron chi connectivity index (χ0n) is 8.15. The minimum atomic E-state index is 0. The standard InChI is InChI=1S/C9H13BrN2OS.ClH/c10-8-1-2-9(12-7-8)13-5-3-11-4-6-14;/h1-2,7,11,14H,3-6H2;1H. The van der Waals surface area contributed by atoms with Crippen molar-refractivity contribution < 1.29 is 4.74 Å². The lowest BCUT2D eigenvalue weighted by molar-refractivity contribution is 0.304. The van der Waals surface area contributed by atoms with Gasteiger partial charge >= 0.3 is 0 Å². The molecule has 0 aliphatic rings. The molecule has 0 amide bonds. The second kappa shape index (κ2) is 9.27. The molecule has 3 nitrogen and oxygen atoms in total. The van der Waals surface area contributed by atoms with Crippen LogP contribution in [0.1, 0.15) is 0 Å². The quantitative estimate of drug-likeness (QED) is 0.624. The molecule has 0 saturated heterocycles. The second-order valence-corrected chi connectivity index (χ2v) is 4.00. The number of ether oxygens (including phenoxy) is 1. The van der Waals surface area contributed by atoms with Crippen LogP contribution >= 0.6 is 41.0 Å². The van der Waals surface area contributed by atoms with E-state index in [1.807, 2.05) is 12.1 Å². The summed E-state index contributed by atoms with van der Waals surface area (Å²) in [4.78, 5) is 4.08. The van der Waals surface area contributed by atoms with Gasteiger partial charge in [0.05, 0.1) is 0 Å². The highest BCUT2D eigenvalue weighted by Crippen LogP contribution is 2.11. The van der Waals surface area contributed by atoms with Crippen LogP contribution < -0.4 is 10.1 Å². The number of pyridine rings is 1. The van der Waals surface area contributed by atoms with Crippen molar-refractivity contribution >= 4 is 41.0 Å². The molecule has 1 aromatic rings. The Kier molecular flexibility index (Phi) is 9.29. The summed E-state index contributed by atoms with van der Waals surface area (Å²) in [5.74, 6) is 1.50. The summed E-state index contributed by atoms with van der Waals surface area (Å²) in [5.41, 5.74) is 0. The van der Waals surface area contributed by atoms with Crippen molar-refractivity contribution in [2.45, 2.75) is 0 Å². The first-order valence-electron chi connectivity index (χ1n) is 4.39. The van der Waals surface area contributed by atoms with E-state index in [9.17, 15) is 0 Å². The van der Waals surface area contributed by atoms with Gasteiger partial charge in [0.1, 0.15) is 6.61 Å². The second-order valence-electron chi connectivity index (χ2n) is 2.64. The Hall–Kier alpha value is 0.0300. The maximum Gasteiger partial charge on any atom is 0.213 e. The van der Waals surface area contributed by atoms with E-state index in [0.29, 0.717) is 12.5 Å². The van der Waals surface area contributed by atoms with Crippen molar-refractivity contribution in [3.8, 4) is 5.88 Å². The lowest BCUT2D eigenvalue weighted by atomic mass is 10.5. The molecule has 0 saturated carbocycles. The summed E-state index contributed by atoms with van der Waals surface area (Å²) in [5, 5.41) is 3.18. The summed E-state index contributed by atoms with van der Waals surface area (Å²) in [7, 11) is 0. The van der Waals surface area contributed by atoms with Gasteiger partial charge in [0, 0.05) is 35.6 Å². The van der Waals surface area contributed by atoms with Gasteiger partial charge in [-0.3, -0.25) is 0 Å². The zero-order valence-corrected chi connectivity index (χ0v) is 11.4. The van der Waals surface area contributed by atoms with Gasteiger partial charge in [-0.2, -0.15) is 12.6 Å². The fourth-order valence-corrected chi connectivity index (χ4v) is 1.27. The molecule has 6 heteroatoms. The topological polar surface area (TPSA) is 34.1 Å². The number of thiol groups is 1. The number of aromatic nitrogens is 1. The molecule has 0 fully saturated rings. The Labute approximate surface area is 110 Å². The molecule has 1 N–H and O–H groups in total. The van der Waals surface area contributed by atoms with E-state index in [4.69, 9.17) is 4.74 Å². The first-order chi connectivity index (χ1) is 6.83. The van der Waals surface area contributed by atoms with E-state index in [2.05, 4.69) is 38.9 Å². The Morgan fingerprint density at radius 1 is 1.40 bits per heavy atom. The molecule has 1 rings (SSSR count). The molecule has 0 atom stereocenters. The molecule has 86 valence electrons. The number of nitrogens with one attached hydrogen (secondary N) is 1. The first kappa shape index (κ1) is 15.0. The van der Waals surface area contributed by atoms with Gasteiger partial charge in [0.15, 0.2) is 0 Å². The fraction of sp³-hybridized carbons (Fsp3) is 0.444. The lowest BCUT2D eigenvalue weighted by Crippen LogP contribution is -2.23. The van der Waals surface area contributed by atoms with Crippen LogP contribution in [0.4, 0.5) is 0 Å². The summed E-state index contributed by atoms with van der Waals surface area (Å²) in [6.45, 7) is 2.35. The Balaban J connectivity index is 0.00000196. The highest BCUT2D eigenvalue weighted by Gasteiger charge is 1.94. The highest BCUT2D eigenvalue weighted by molar-refractivity contribution is 9.10. The zero-order chi connectivity index (χ0) is 10.2. The van der Waals surface area contributed by atoms with E-state index in [1.54, 1.807) is 6.20 Å². The van der Waals surface area contributed by atoms with Crippen LogP contribution in [0.2, 0.25) is 0 Å². The molecule has 0 aliphatic heterocycles. The molecule has 0 radical (unpaired) electrons. The maximum absolute atomic E-state index is 5.39. The SMILES string of the molecule is Cl.SCCNCCOc1ccc(Br)cn1. The van der Waals surface area contributed by atoms with Gasteiger partial charge < -0.3 is 10.1 Å². The summed E-state index contributed by atoms with van der Waals surface area (Å²) < 4.78 is 6.34. The number of rotatable bonds is 6. The molecule has 1 heterocycles. The molecule has 0 aliphatic carbocycles. The third-order valence-corrected chi connectivity index (χ3v) is 2.21. The molecule has 0 aromatic carbocycles. The normalized spacial score (nSPS) is 9.47. The van der Waals surface area contributed by atoms with Crippen LogP contribution in [0.3, 0.4) is 0 Å². The van der Waals surface area contributed by atoms with E-state index in [1.165, 1.54) is 0 Å². The molecule has 1 aromatic heterocycles. The lowest BCUT2D eigenvalue weighted by Gasteiger charge is -2.05. The van der Waals surface area contributed by atoms with Crippen molar-refractivity contribution in [3.63, 3.8) is 0 Å². The third kappa shape index (κ3) is 7.00. The molecule has 0 unspecified atom stereocenters. The third-order valence-electron chi connectivity index (χ3n) is 1.52. The van der Waals surface area contributed by atoms with Crippen molar-refractivity contribution in [2.75, 3.05) is 25.4 Å². The van der Waals surface area contributed by atoms with E-state index < -0.39 is 0 Å².